The summed E-state index contributed by atoms with van der Waals surface area (Å²) in [7, 11) is 0. The van der Waals surface area contributed by atoms with Crippen LogP contribution in [-0.2, 0) is 4.79 Å². The van der Waals surface area contributed by atoms with Gasteiger partial charge in [0.2, 0.25) is 11.8 Å². The molecule has 1 radical (unpaired) electrons. The molecule has 0 aliphatic carbocycles. The summed E-state index contributed by atoms with van der Waals surface area (Å²) in [5.41, 5.74) is -0.317. The summed E-state index contributed by atoms with van der Waals surface area (Å²) in [5, 5.41) is 39.1. The zero-order valence-electron chi connectivity index (χ0n) is 31.1. The molecule has 4 aromatic heterocycles. The molecule has 0 amide bonds. The largest absolute Gasteiger partial charge is 0.480 e. The third kappa shape index (κ3) is 12.0. The molecular formula is C36H45N12O4S2. The van der Waals surface area contributed by atoms with Gasteiger partial charge in [0.05, 0.1) is 25.6 Å². The zero-order chi connectivity index (χ0) is 38.7. The summed E-state index contributed by atoms with van der Waals surface area (Å²) in [6.45, 7) is 14.0. The maximum atomic E-state index is 11.7. The Bertz CT molecular complexity index is 1940. The molecule has 1 atom stereocenters. The van der Waals surface area contributed by atoms with Crippen molar-refractivity contribution in [1.29, 1.82) is 10.5 Å². The first-order chi connectivity index (χ1) is 25.9. The van der Waals surface area contributed by atoms with Crippen molar-refractivity contribution in [2.75, 3.05) is 50.0 Å². The van der Waals surface area contributed by atoms with Gasteiger partial charge in [-0.25, -0.2) is 25.3 Å². The minimum Gasteiger partial charge on any atom is -0.480 e. The maximum absolute atomic E-state index is 11.7. The van der Waals surface area contributed by atoms with Gasteiger partial charge in [-0.15, -0.1) is 0 Å². The highest BCUT2D eigenvalue weighted by Crippen LogP contribution is 2.30. The van der Waals surface area contributed by atoms with E-state index in [2.05, 4.69) is 62.9 Å². The van der Waals surface area contributed by atoms with Gasteiger partial charge in [-0.1, -0.05) is 43.4 Å². The summed E-state index contributed by atoms with van der Waals surface area (Å²) in [5.74, 6) is 3.52. The van der Waals surface area contributed by atoms with Crippen molar-refractivity contribution < 1.29 is 19.4 Å². The minimum atomic E-state index is -0.763. The molecule has 1 unspecified atom stereocenters. The number of nitrogens with zero attached hydrogens (tertiary/aromatic N) is 10. The minimum absolute atomic E-state index is 0.317. The molecule has 0 spiro atoms. The number of ether oxygens (including phenoxy) is 2. The molecule has 6 rings (SSSR count). The number of hydrogen-bond donors (Lipinski definition) is 3. The number of nitriles is 2. The number of anilines is 4. The number of likely N-dealkylation sites (tertiary alicyclic amines) is 1. The van der Waals surface area contributed by atoms with Gasteiger partial charge < -0.3 is 25.2 Å². The van der Waals surface area contributed by atoms with Crippen molar-refractivity contribution in [2.24, 2.45) is 17.3 Å². The fourth-order valence-corrected chi connectivity index (χ4v) is 7.41. The highest BCUT2D eigenvalue weighted by atomic mass is 32.1. The molecule has 0 saturated carbocycles. The number of nitrogens with one attached hydrogen (secondary N) is 2. The van der Waals surface area contributed by atoms with Crippen LogP contribution in [0.2, 0.25) is 0 Å². The molecule has 2 aliphatic rings. The normalized spacial score (nSPS) is 15.9. The molecule has 4 aromatic rings. The van der Waals surface area contributed by atoms with Gasteiger partial charge in [0, 0.05) is 25.2 Å². The van der Waals surface area contributed by atoms with Crippen molar-refractivity contribution in [3.05, 3.63) is 45.9 Å². The number of carboxylic acids is 1. The molecule has 54 heavy (non-hydrogen) atoms. The number of carbonyl (C=O) groups is 1. The number of hydrogen-bond acceptors (Lipinski definition) is 16. The summed E-state index contributed by atoms with van der Waals surface area (Å²) in [6.07, 6.45) is 6.96. The lowest BCUT2D eigenvalue weighted by molar-refractivity contribution is -0.148. The fourth-order valence-electron chi connectivity index (χ4n) is 6.17. The summed E-state index contributed by atoms with van der Waals surface area (Å²) >= 11 is 2.53. The predicted molar refractivity (Wildman–Crippen MR) is 205 cm³/mol. The summed E-state index contributed by atoms with van der Waals surface area (Å²) in [6, 6.07) is 7.11. The summed E-state index contributed by atoms with van der Waals surface area (Å²) in [4.78, 5) is 40.5. The fraction of sp³-hybridized carbons (Fsp3) is 0.528. The van der Waals surface area contributed by atoms with Crippen LogP contribution in [-0.4, -0.2) is 91.3 Å². The van der Waals surface area contributed by atoms with Gasteiger partial charge in [-0.05, 0) is 69.9 Å². The van der Waals surface area contributed by atoms with Crippen molar-refractivity contribution in [3.8, 4) is 23.9 Å². The molecule has 2 fully saturated rings. The second-order valence-electron chi connectivity index (χ2n) is 14.1. The molecule has 2 aliphatic heterocycles. The average molecular weight is 774 g/mol. The zero-order valence-corrected chi connectivity index (χ0v) is 32.7. The van der Waals surface area contributed by atoms with E-state index in [1.54, 1.807) is 19.1 Å². The molecule has 285 valence electrons. The van der Waals surface area contributed by atoms with E-state index >= 15 is 0 Å². The van der Waals surface area contributed by atoms with Crippen LogP contribution in [0.5, 0.6) is 11.8 Å². The quantitative estimate of drug-likeness (QED) is 0.157. The number of aliphatic carboxylic acids is 1. The van der Waals surface area contributed by atoms with E-state index in [4.69, 9.17) is 20.0 Å². The Hall–Kier alpha value is -5.01. The second kappa shape index (κ2) is 18.8. The topological polar surface area (TPSA) is 222 Å². The highest BCUT2D eigenvalue weighted by Gasteiger charge is 2.38. The predicted octanol–water partition coefficient (Wildman–Crippen LogP) is 5.70. The Balaban J connectivity index is 0.000000217. The number of rotatable bonds is 12. The first-order valence-electron chi connectivity index (χ1n) is 17.7. The monoisotopic (exact) mass is 773 g/mol. The van der Waals surface area contributed by atoms with E-state index < -0.39 is 12.0 Å². The molecule has 0 aromatic carbocycles. The molecule has 6 heterocycles. The molecule has 18 heteroatoms. The van der Waals surface area contributed by atoms with Crippen LogP contribution in [0, 0.1) is 53.8 Å². The first kappa shape index (κ1) is 40.2. The lowest BCUT2D eigenvalue weighted by Crippen LogP contribution is -2.52. The Morgan fingerprint density at radius 2 is 1.31 bits per heavy atom. The third-order valence-corrected chi connectivity index (χ3v) is 10.4. The van der Waals surface area contributed by atoms with Crippen molar-refractivity contribution in [1.82, 2.24) is 40.1 Å². The number of carboxylic acid groups (broad SMARTS) is 1. The van der Waals surface area contributed by atoms with Gasteiger partial charge in [0.25, 0.3) is 0 Å². The lowest BCUT2D eigenvalue weighted by Gasteiger charge is -2.41. The van der Waals surface area contributed by atoms with E-state index in [1.165, 1.54) is 35.1 Å². The van der Waals surface area contributed by atoms with Gasteiger partial charge in [-0.3, -0.25) is 9.69 Å². The van der Waals surface area contributed by atoms with Crippen molar-refractivity contribution in [2.45, 2.75) is 66.3 Å². The van der Waals surface area contributed by atoms with E-state index in [9.17, 15) is 9.90 Å². The van der Waals surface area contributed by atoms with Crippen LogP contribution in [0.4, 0.5) is 21.9 Å². The van der Waals surface area contributed by atoms with Gasteiger partial charge in [0.1, 0.15) is 51.2 Å². The average Bonchev–Trinajstić information content (AvgIpc) is 3.79. The van der Waals surface area contributed by atoms with Crippen LogP contribution in [0.15, 0.2) is 24.5 Å². The first-order valence-corrected chi connectivity index (χ1v) is 19.3. The van der Waals surface area contributed by atoms with Gasteiger partial charge >= 0.3 is 5.97 Å². The molecule has 0 bridgehead atoms. The van der Waals surface area contributed by atoms with Crippen molar-refractivity contribution >= 4 is 50.5 Å². The highest BCUT2D eigenvalue weighted by molar-refractivity contribution is 7.16. The molecule has 16 nitrogen and oxygen atoms in total. The number of aryl methyl sites for hydroxylation is 2. The van der Waals surface area contributed by atoms with Gasteiger partial charge in [0.15, 0.2) is 10.3 Å². The number of aromatic nitrogens is 6. The van der Waals surface area contributed by atoms with Crippen LogP contribution >= 0.6 is 22.7 Å². The van der Waals surface area contributed by atoms with Crippen LogP contribution < -0.4 is 25.4 Å². The van der Waals surface area contributed by atoms with Gasteiger partial charge in [-0.2, -0.15) is 20.5 Å². The van der Waals surface area contributed by atoms with Crippen LogP contribution in [0.3, 0.4) is 0 Å². The second-order valence-corrected chi connectivity index (χ2v) is 16.2. The Kier molecular flexibility index (Phi) is 14.0. The Morgan fingerprint density at radius 3 is 1.72 bits per heavy atom. The summed E-state index contributed by atoms with van der Waals surface area (Å²) < 4.78 is 11.8. The number of thiazole rings is 2. The molecule has 2 saturated heterocycles. The molecular weight excluding hydrogens is 729 g/mol. The van der Waals surface area contributed by atoms with E-state index in [1.807, 2.05) is 27.7 Å². The van der Waals surface area contributed by atoms with E-state index in [0.29, 0.717) is 80.1 Å². The Labute approximate surface area is 323 Å². The Morgan fingerprint density at radius 1 is 0.852 bits per heavy atom. The van der Waals surface area contributed by atoms with Crippen molar-refractivity contribution in [3.63, 3.8) is 0 Å². The van der Waals surface area contributed by atoms with E-state index in [0.717, 1.165) is 51.9 Å². The standard InChI is InChI=1S/C21H28N6O3S.C15H17N6OS/c1-13-24-16(26-20-23-11-15(10-22)31-20)9-17(25-13)30-12-14-5-7-27(8-6-14)18(19(28)29)21(2,3)4;1-10-19-13(21-15-18-8-12(7-16)23-15)6-14(20-10)22-9-11-2-4-17-5-3-11/h9,11,14,18H,5-8,12H2,1-4H3,(H,28,29)(H,23,24,25,26);6,8,11H,2-5,9H2,1H3,(H,18,19,20,21). The smallest absolute Gasteiger partial charge is 0.321 e. The van der Waals surface area contributed by atoms with Crippen LogP contribution in [0.25, 0.3) is 0 Å². The van der Waals surface area contributed by atoms with E-state index in [-0.39, 0.29) is 5.41 Å². The third-order valence-electron chi connectivity index (χ3n) is 8.72. The molecule has 3 N–H and O–H groups in total. The van der Waals surface area contributed by atoms with Crippen LogP contribution in [0.1, 0.15) is 67.9 Å². The lowest BCUT2D eigenvalue weighted by atomic mass is 9.84. The number of piperidine rings is 2. The SMILES string of the molecule is Cc1nc(Nc2ncc(C#N)s2)cc(OCC2CCN(C(C(=O)O)C(C)(C)C)CC2)n1.Cc1nc(Nc2ncc(C#N)s2)cc(OCC2CC[N]CC2)n1. The maximum Gasteiger partial charge on any atom is 0.321 e.